The summed E-state index contributed by atoms with van der Waals surface area (Å²) < 4.78 is 17.6. The van der Waals surface area contributed by atoms with Gasteiger partial charge in [0.1, 0.15) is 17.5 Å². The summed E-state index contributed by atoms with van der Waals surface area (Å²) in [7, 11) is 4.70. The van der Waals surface area contributed by atoms with Crippen molar-refractivity contribution >= 4 is 34.5 Å². The second kappa shape index (κ2) is 9.27. The van der Waals surface area contributed by atoms with Gasteiger partial charge in [0, 0.05) is 26.3 Å². The maximum absolute atomic E-state index is 13.3. The van der Waals surface area contributed by atoms with Crippen LogP contribution < -0.4 is 19.7 Å². The Kier molecular flexibility index (Phi) is 6.27. The quantitative estimate of drug-likeness (QED) is 0.516. The van der Waals surface area contributed by atoms with Crippen LogP contribution in [0.4, 0.5) is 11.6 Å². The van der Waals surface area contributed by atoms with Gasteiger partial charge in [0.15, 0.2) is 0 Å². The minimum absolute atomic E-state index is 0.0344. The topological polar surface area (TPSA) is 94.9 Å². The molecular formula is C23H26N4O5. The van der Waals surface area contributed by atoms with Gasteiger partial charge in [-0.05, 0) is 30.7 Å². The Bertz CT molecular complexity index is 1140. The van der Waals surface area contributed by atoms with Crippen molar-refractivity contribution in [1.29, 1.82) is 0 Å². The van der Waals surface area contributed by atoms with Crippen molar-refractivity contribution in [3.8, 4) is 11.5 Å². The summed E-state index contributed by atoms with van der Waals surface area (Å²) in [6.07, 6.45) is 0.638. The van der Waals surface area contributed by atoms with Gasteiger partial charge >= 0.3 is 0 Å². The van der Waals surface area contributed by atoms with Gasteiger partial charge in [-0.3, -0.25) is 19.1 Å². The van der Waals surface area contributed by atoms with Crippen LogP contribution >= 0.6 is 0 Å². The second-order valence-corrected chi connectivity index (χ2v) is 7.44. The maximum atomic E-state index is 13.3. The van der Waals surface area contributed by atoms with E-state index in [-0.39, 0.29) is 18.2 Å². The van der Waals surface area contributed by atoms with E-state index in [1.54, 1.807) is 37.3 Å². The van der Waals surface area contributed by atoms with Gasteiger partial charge < -0.3 is 19.5 Å². The fourth-order valence-corrected chi connectivity index (χ4v) is 3.96. The van der Waals surface area contributed by atoms with Gasteiger partial charge in [0.05, 0.1) is 37.4 Å². The molecule has 1 aliphatic heterocycles. The number of anilines is 2. The third-order valence-corrected chi connectivity index (χ3v) is 5.47. The molecule has 4 rings (SSSR count). The molecule has 0 radical (unpaired) electrons. The number of para-hydroxylation sites is 2. The largest absolute Gasteiger partial charge is 0.497 e. The summed E-state index contributed by atoms with van der Waals surface area (Å²) in [4.78, 5) is 32.6. The van der Waals surface area contributed by atoms with E-state index >= 15 is 0 Å². The number of fused-ring (bicyclic) bond motifs is 3. The molecule has 3 aromatic rings. The number of hydrogen-bond acceptors (Lipinski definition) is 6. The van der Waals surface area contributed by atoms with E-state index in [1.165, 1.54) is 7.11 Å². The van der Waals surface area contributed by atoms with E-state index in [2.05, 4.69) is 10.3 Å². The number of methoxy groups -OCH3 is 3. The van der Waals surface area contributed by atoms with Crippen LogP contribution in [-0.4, -0.2) is 55.8 Å². The summed E-state index contributed by atoms with van der Waals surface area (Å²) >= 11 is 0. The summed E-state index contributed by atoms with van der Waals surface area (Å²) in [5, 5.41) is 2.85. The molecule has 0 aliphatic carbocycles. The lowest BCUT2D eigenvalue weighted by atomic mass is 10.1. The summed E-state index contributed by atoms with van der Waals surface area (Å²) in [6, 6.07) is 12.1. The normalized spacial score (nSPS) is 15.2. The zero-order valence-electron chi connectivity index (χ0n) is 18.3. The zero-order valence-corrected chi connectivity index (χ0v) is 18.3. The lowest BCUT2D eigenvalue weighted by Gasteiger charge is -2.16. The van der Waals surface area contributed by atoms with Crippen LogP contribution in [0, 0.1) is 0 Å². The van der Waals surface area contributed by atoms with Crippen molar-refractivity contribution in [3.05, 3.63) is 42.5 Å². The van der Waals surface area contributed by atoms with Crippen LogP contribution in [0.1, 0.15) is 18.9 Å². The van der Waals surface area contributed by atoms with Crippen molar-refractivity contribution in [3.63, 3.8) is 0 Å². The van der Waals surface area contributed by atoms with E-state index in [0.29, 0.717) is 42.7 Å². The van der Waals surface area contributed by atoms with Gasteiger partial charge in [-0.15, -0.1) is 0 Å². The minimum atomic E-state index is -0.684. The van der Waals surface area contributed by atoms with E-state index in [4.69, 9.17) is 14.2 Å². The highest BCUT2D eigenvalue weighted by atomic mass is 16.5. The number of nitrogens with zero attached hydrogens (tertiary/aromatic N) is 3. The van der Waals surface area contributed by atoms with Crippen LogP contribution in [0.2, 0.25) is 0 Å². The van der Waals surface area contributed by atoms with Crippen molar-refractivity contribution < 1.29 is 23.8 Å². The molecule has 0 saturated heterocycles. The van der Waals surface area contributed by atoms with Crippen molar-refractivity contribution in [2.24, 2.45) is 0 Å². The van der Waals surface area contributed by atoms with Gasteiger partial charge in [-0.2, -0.15) is 0 Å². The molecule has 1 N–H and O–H groups in total. The summed E-state index contributed by atoms with van der Waals surface area (Å²) in [5.74, 6) is 1.20. The summed E-state index contributed by atoms with van der Waals surface area (Å²) in [5.41, 5.74) is 2.09. The Morgan fingerprint density at radius 1 is 1.12 bits per heavy atom. The standard InChI is InChI=1S/C23H26N4O5/c1-30-12-6-11-26-22(29)19(27-18-8-5-4-7-16(18)25-23(26)27)14-21(28)24-17-13-15(31-2)9-10-20(17)32-3/h4-5,7-10,13,19H,6,11-12,14H2,1-3H3,(H,24,28)/t19-/m1/s1. The van der Waals surface area contributed by atoms with Crippen LogP contribution in [0.15, 0.2) is 42.5 Å². The number of ether oxygens (including phenoxy) is 3. The Morgan fingerprint density at radius 2 is 1.94 bits per heavy atom. The van der Waals surface area contributed by atoms with Crippen LogP contribution in [-0.2, 0) is 14.3 Å². The van der Waals surface area contributed by atoms with Crippen LogP contribution in [0.5, 0.6) is 11.5 Å². The molecule has 0 spiro atoms. The molecule has 9 nitrogen and oxygen atoms in total. The molecule has 0 saturated carbocycles. The van der Waals surface area contributed by atoms with E-state index in [9.17, 15) is 9.59 Å². The highest BCUT2D eigenvalue weighted by molar-refractivity contribution is 6.05. The second-order valence-electron chi connectivity index (χ2n) is 7.44. The minimum Gasteiger partial charge on any atom is -0.497 e. The Morgan fingerprint density at radius 3 is 2.69 bits per heavy atom. The van der Waals surface area contributed by atoms with E-state index in [0.717, 1.165) is 11.0 Å². The molecule has 2 heterocycles. The predicted molar refractivity (Wildman–Crippen MR) is 120 cm³/mol. The molecule has 168 valence electrons. The molecule has 9 heteroatoms. The van der Waals surface area contributed by atoms with Crippen molar-refractivity contribution in [2.75, 3.05) is 44.7 Å². The Hall–Kier alpha value is -3.59. The lowest BCUT2D eigenvalue weighted by Crippen LogP contribution is -2.32. The average Bonchev–Trinajstić information content (AvgIpc) is 3.29. The average molecular weight is 438 g/mol. The van der Waals surface area contributed by atoms with Gasteiger partial charge in [0.2, 0.25) is 11.9 Å². The SMILES string of the molecule is COCCCN1C(=O)[C@@H](CC(=O)Nc2cc(OC)ccc2OC)n2c1nc1ccccc12. The lowest BCUT2D eigenvalue weighted by molar-refractivity contribution is -0.124. The maximum Gasteiger partial charge on any atom is 0.253 e. The molecule has 0 bridgehead atoms. The van der Waals surface area contributed by atoms with Crippen molar-refractivity contribution in [1.82, 2.24) is 9.55 Å². The molecule has 1 aliphatic rings. The third kappa shape index (κ3) is 3.99. The first-order valence-electron chi connectivity index (χ1n) is 10.4. The molecule has 2 amide bonds. The first-order chi connectivity index (χ1) is 15.6. The molecule has 2 aromatic carbocycles. The monoisotopic (exact) mass is 438 g/mol. The number of hydrogen-bond donors (Lipinski definition) is 1. The Balaban J connectivity index is 1.61. The first kappa shape index (κ1) is 21.6. The number of aromatic nitrogens is 2. The molecule has 32 heavy (non-hydrogen) atoms. The fraction of sp³-hybridized carbons (Fsp3) is 0.348. The Labute approximate surface area is 185 Å². The van der Waals surface area contributed by atoms with E-state index in [1.807, 2.05) is 28.8 Å². The zero-order chi connectivity index (χ0) is 22.7. The number of carbonyl (C=O) groups excluding carboxylic acids is 2. The number of rotatable bonds is 9. The number of imidazole rings is 1. The predicted octanol–water partition coefficient (Wildman–Crippen LogP) is 3.01. The van der Waals surface area contributed by atoms with Gasteiger partial charge in [0.25, 0.3) is 5.91 Å². The van der Waals surface area contributed by atoms with Crippen molar-refractivity contribution in [2.45, 2.75) is 18.9 Å². The molecule has 1 aromatic heterocycles. The first-order valence-corrected chi connectivity index (χ1v) is 10.4. The van der Waals surface area contributed by atoms with E-state index < -0.39 is 6.04 Å². The number of carbonyl (C=O) groups is 2. The smallest absolute Gasteiger partial charge is 0.253 e. The highest BCUT2D eigenvalue weighted by Gasteiger charge is 2.40. The number of benzene rings is 2. The molecule has 0 fully saturated rings. The van der Waals surface area contributed by atoms with Crippen LogP contribution in [0.3, 0.4) is 0 Å². The molecular weight excluding hydrogens is 412 g/mol. The van der Waals surface area contributed by atoms with Gasteiger partial charge in [-0.25, -0.2) is 4.98 Å². The molecule has 1 atom stereocenters. The fourth-order valence-electron chi connectivity index (χ4n) is 3.96. The number of nitrogens with one attached hydrogen (secondary N) is 1. The van der Waals surface area contributed by atoms with Gasteiger partial charge in [-0.1, -0.05) is 12.1 Å². The number of amides is 2. The van der Waals surface area contributed by atoms with Crippen LogP contribution in [0.25, 0.3) is 11.0 Å². The third-order valence-electron chi connectivity index (χ3n) is 5.47. The summed E-state index contributed by atoms with van der Waals surface area (Å²) in [6.45, 7) is 1.00. The molecule has 0 unspecified atom stereocenters. The highest BCUT2D eigenvalue weighted by Crippen LogP contribution is 2.37.